The SMILES string of the molecule is COc1ccccc1[C@@H](C)NC(=O)CCN=C1NS(=O)(=O)c2ccccc21. The van der Waals surface area contributed by atoms with E-state index in [0.29, 0.717) is 11.3 Å². The van der Waals surface area contributed by atoms with Crippen molar-refractivity contribution in [3.63, 3.8) is 0 Å². The van der Waals surface area contributed by atoms with Crippen LogP contribution in [0.1, 0.15) is 30.5 Å². The molecule has 1 atom stereocenters. The minimum atomic E-state index is -3.56. The lowest BCUT2D eigenvalue weighted by Gasteiger charge is -2.17. The molecule has 1 heterocycles. The molecule has 2 N–H and O–H groups in total. The van der Waals surface area contributed by atoms with Crippen LogP contribution in [0.15, 0.2) is 58.4 Å². The molecule has 0 bridgehead atoms. The molecule has 8 heteroatoms. The summed E-state index contributed by atoms with van der Waals surface area (Å²) in [5.74, 6) is 0.811. The quantitative estimate of drug-likeness (QED) is 0.792. The summed E-state index contributed by atoms with van der Waals surface area (Å²) in [6.45, 7) is 2.06. The van der Waals surface area contributed by atoms with Crippen LogP contribution in [0.4, 0.5) is 0 Å². The largest absolute Gasteiger partial charge is 0.496 e. The molecule has 2 aromatic carbocycles. The maximum atomic E-state index is 12.2. The first-order chi connectivity index (χ1) is 12.9. The molecule has 1 aliphatic heterocycles. The third kappa shape index (κ3) is 4.11. The third-order valence-corrected chi connectivity index (χ3v) is 5.65. The van der Waals surface area contributed by atoms with Crippen LogP contribution in [0.3, 0.4) is 0 Å². The fourth-order valence-electron chi connectivity index (χ4n) is 2.94. The van der Waals surface area contributed by atoms with Crippen LogP contribution in [-0.4, -0.2) is 33.8 Å². The van der Waals surface area contributed by atoms with Gasteiger partial charge in [-0.3, -0.25) is 14.5 Å². The van der Waals surface area contributed by atoms with E-state index in [1.54, 1.807) is 25.3 Å². The molecule has 7 nitrogen and oxygen atoms in total. The van der Waals surface area contributed by atoms with E-state index in [-0.39, 0.29) is 35.6 Å². The Bertz CT molecular complexity index is 986. The van der Waals surface area contributed by atoms with Crippen LogP contribution in [-0.2, 0) is 14.8 Å². The number of hydrogen-bond acceptors (Lipinski definition) is 5. The Labute approximate surface area is 158 Å². The fourth-order valence-corrected chi connectivity index (χ4v) is 4.19. The maximum absolute atomic E-state index is 12.2. The summed E-state index contributed by atoms with van der Waals surface area (Å²) in [5, 5.41) is 2.90. The summed E-state index contributed by atoms with van der Waals surface area (Å²) in [4.78, 5) is 16.7. The Balaban J connectivity index is 1.61. The van der Waals surface area contributed by atoms with Crippen molar-refractivity contribution in [2.45, 2.75) is 24.3 Å². The predicted octanol–water partition coefficient (Wildman–Crippen LogP) is 2.00. The lowest BCUT2D eigenvalue weighted by atomic mass is 10.1. The van der Waals surface area contributed by atoms with Crippen LogP contribution in [0.25, 0.3) is 0 Å². The van der Waals surface area contributed by atoms with Crippen LogP contribution >= 0.6 is 0 Å². The van der Waals surface area contributed by atoms with E-state index in [2.05, 4.69) is 15.0 Å². The number of rotatable bonds is 6. The average Bonchev–Trinajstić information content (AvgIpc) is 2.92. The highest BCUT2D eigenvalue weighted by Crippen LogP contribution is 2.24. The van der Waals surface area contributed by atoms with E-state index >= 15 is 0 Å². The molecule has 0 saturated carbocycles. The molecule has 1 aliphatic rings. The standard InChI is InChI=1S/C19H21N3O4S/c1-13(14-7-3-5-9-16(14)26-2)21-18(23)11-12-20-19-15-8-4-6-10-17(15)27(24,25)22-19/h3-10,13H,11-12H2,1-2H3,(H,20,22)(H,21,23)/t13-/m1/s1. The number of aliphatic imine (C=N–C) groups is 1. The van der Waals surface area contributed by atoms with Gasteiger partial charge in [-0.15, -0.1) is 0 Å². The summed E-state index contributed by atoms with van der Waals surface area (Å²) in [7, 11) is -1.98. The normalized spacial score (nSPS) is 17.0. The molecule has 0 saturated heterocycles. The van der Waals surface area contributed by atoms with Gasteiger partial charge < -0.3 is 10.1 Å². The number of carbonyl (C=O) groups is 1. The van der Waals surface area contributed by atoms with Crippen LogP contribution in [0.2, 0.25) is 0 Å². The van der Waals surface area contributed by atoms with Gasteiger partial charge in [-0.2, -0.15) is 0 Å². The van der Waals surface area contributed by atoms with Gasteiger partial charge in [0.2, 0.25) is 5.91 Å². The molecule has 0 fully saturated rings. The van der Waals surface area contributed by atoms with E-state index < -0.39 is 10.0 Å². The zero-order chi connectivity index (χ0) is 19.4. The van der Waals surface area contributed by atoms with Gasteiger partial charge in [0.1, 0.15) is 11.6 Å². The molecular weight excluding hydrogens is 366 g/mol. The summed E-state index contributed by atoms with van der Waals surface area (Å²) < 4.78 is 31.8. The smallest absolute Gasteiger partial charge is 0.263 e. The highest BCUT2D eigenvalue weighted by Gasteiger charge is 2.29. The van der Waals surface area contributed by atoms with Gasteiger partial charge in [-0.25, -0.2) is 8.42 Å². The zero-order valence-electron chi connectivity index (χ0n) is 15.1. The highest BCUT2D eigenvalue weighted by molar-refractivity contribution is 7.90. The number of nitrogens with zero attached hydrogens (tertiary/aromatic N) is 1. The molecule has 0 spiro atoms. The Kier molecular flexibility index (Phi) is 5.46. The topological polar surface area (TPSA) is 96.9 Å². The van der Waals surface area contributed by atoms with Crippen LogP contribution < -0.4 is 14.8 Å². The first-order valence-electron chi connectivity index (χ1n) is 8.51. The fraction of sp³-hybridized carbons (Fsp3) is 0.263. The number of amidine groups is 1. The molecule has 2 aromatic rings. The number of para-hydroxylation sites is 1. The Morgan fingerprint density at radius 3 is 2.67 bits per heavy atom. The zero-order valence-corrected chi connectivity index (χ0v) is 15.9. The second kappa shape index (κ2) is 7.79. The van der Waals surface area contributed by atoms with Gasteiger partial charge in [0.05, 0.1) is 24.6 Å². The molecule has 0 radical (unpaired) electrons. The maximum Gasteiger partial charge on any atom is 0.263 e. The van der Waals surface area contributed by atoms with Crippen molar-refractivity contribution in [2.75, 3.05) is 13.7 Å². The number of sulfonamides is 1. The second-order valence-corrected chi connectivity index (χ2v) is 7.76. The lowest BCUT2D eigenvalue weighted by molar-refractivity contribution is -0.121. The molecule has 0 aromatic heterocycles. The van der Waals surface area contributed by atoms with Crippen LogP contribution in [0.5, 0.6) is 5.75 Å². The minimum absolute atomic E-state index is 0.146. The van der Waals surface area contributed by atoms with Gasteiger partial charge in [0.25, 0.3) is 10.0 Å². The highest BCUT2D eigenvalue weighted by atomic mass is 32.2. The summed E-state index contributed by atoms with van der Waals surface area (Å²) in [6, 6.07) is 13.9. The number of benzene rings is 2. The molecule has 27 heavy (non-hydrogen) atoms. The molecule has 142 valence electrons. The van der Waals surface area contributed by atoms with Crippen molar-refractivity contribution >= 4 is 21.8 Å². The Morgan fingerprint density at radius 2 is 1.89 bits per heavy atom. The molecule has 0 unspecified atom stereocenters. The molecule has 0 aliphatic carbocycles. The van der Waals surface area contributed by atoms with Crippen molar-refractivity contribution in [1.82, 2.24) is 10.0 Å². The molecule has 3 rings (SSSR count). The number of hydrogen-bond donors (Lipinski definition) is 2. The van der Waals surface area contributed by atoms with Gasteiger partial charge in [0, 0.05) is 17.5 Å². The molecular formula is C19H21N3O4S. The first-order valence-corrected chi connectivity index (χ1v) is 9.99. The van der Waals surface area contributed by atoms with Crippen molar-refractivity contribution in [1.29, 1.82) is 0 Å². The number of amides is 1. The Hall–Kier alpha value is -2.87. The first kappa shape index (κ1) is 18.9. The van der Waals surface area contributed by atoms with Gasteiger partial charge >= 0.3 is 0 Å². The van der Waals surface area contributed by atoms with Crippen molar-refractivity contribution in [3.8, 4) is 5.75 Å². The Morgan fingerprint density at radius 1 is 1.19 bits per heavy atom. The van der Waals surface area contributed by atoms with E-state index in [1.807, 2.05) is 31.2 Å². The van der Waals surface area contributed by atoms with E-state index in [1.165, 1.54) is 6.07 Å². The number of carbonyl (C=O) groups excluding carboxylic acids is 1. The molecule has 1 amide bonds. The third-order valence-electron chi connectivity index (χ3n) is 4.25. The van der Waals surface area contributed by atoms with Crippen molar-refractivity contribution < 1.29 is 17.9 Å². The number of fused-ring (bicyclic) bond motifs is 1. The predicted molar refractivity (Wildman–Crippen MR) is 102 cm³/mol. The van der Waals surface area contributed by atoms with Gasteiger partial charge in [-0.05, 0) is 25.1 Å². The van der Waals surface area contributed by atoms with E-state index in [0.717, 1.165) is 5.56 Å². The van der Waals surface area contributed by atoms with Gasteiger partial charge in [0.15, 0.2) is 0 Å². The van der Waals surface area contributed by atoms with Crippen molar-refractivity contribution in [3.05, 3.63) is 59.7 Å². The summed E-state index contributed by atoms with van der Waals surface area (Å²) >= 11 is 0. The second-order valence-electron chi connectivity index (χ2n) is 6.11. The minimum Gasteiger partial charge on any atom is -0.496 e. The summed E-state index contributed by atoms with van der Waals surface area (Å²) in [6.07, 6.45) is 0.146. The van der Waals surface area contributed by atoms with Gasteiger partial charge in [-0.1, -0.05) is 30.3 Å². The monoisotopic (exact) mass is 387 g/mol. The van der Waals surface area contributed by atoms with Crippen molar-refractivity contribution in [2.24, 2.45) is 4.99 Å². The average molecular weight is 387 g/mol. The number of methoxy groups -OCH3 is 1. The lowest BCUT2D eigenvalue weighted by Crippen LogP contribution is -2.28. The number of ether oxygens (including phenoxy) is 1. The van der Waals surface area contributed by atoms with E-state index in [4.69, 9.17) is 4.74 Å². The van der Waals surface area contributed by atoms with Crippen LogP contribution in [0, 0.1) is 0 Å². The summed E-state index contributed by atoms with van der Waals surface area (Å²) in [5.41, 5.74) is 1.41. The van der Waals surface area contributed by atoms with E-state index in [9.17, 15) is 13.2 Å². The number of nitrogens with one attached hydrogen (secondary N) is 2.